The van der Waals surface area contributed by atoms with Gasteiger partial charge in [0.05, 0.1) is 25.1 Å². The van der Waals surface area contributed by atoms with E-state index >= 15 is 0 Å². The highest BCUT2D eigenvalue weighted by atomic mass is 16.5. The van der Waals surface area contributed by atoms with Crippen LogP contribution in [0.4, 0.5) is 11.6 Å². The van der Waals surface area contributed by atoms with Gasteiger partial charge in [-0.1, -0.05) is 48.5 Å². The van der Waals surface area contributed by atoms with Gasteiger partial charge in [0.15, 0.2) is 11.5 Å². The fraction of sp³-hybridized carbons (Fsp3) is 0.160. The van der Waals surface area contributed by atoms with E-state index < -0.39 is 0 Å². The molecule has 4 heterocycles. The summed E-state index contributed by atoms with van der Waals surface area (Å²) in [5.41, 5.74) is 7.93. The number of benzene rings is 2. The summed E-state index contributed by atoms with van der Waals surface area (Å²) in [6.45, 7) is 2.99. The molecule has 3 aromatic heterocycles. The lowest BCUT2D eigenvalue weighted by atomic mass is 10.2. The standard InChI is InChI=1S/C25H23N7O/c1-2-6-18(7-3-1)22-14-24-28-23(15-25(32(24)30-22)31-10-12-33-13-11-31)29-27-17-19-16-26-21-9-5-4-8-20(19)21/h1-9,14-17,26H,10-13H2,(H,28,29)/b27-17-. The van der Waals surface area contributed by atoms with E-state index in [9.17, 15) is 0 Å². The zero-order valence-electron chi connectivity index (χ0n) is 18.0. The zero-order valence-corrected chi connectivity index (χ0v) is 18.0. The third kappa shape index (κ3) is 3.81. The summed E-state index contributed by atoms with van der Waals surface area (Å²) in [4.78, 5) is 10.3. The zero-order chi connectivity index (χ0) is 22.0. The van der Waals surface area contributed by atoms with Crippen molar-refractivity contribution < 1.29 is 4.74 Å². The number of H-pyrrole nitrogens is 1. The Kier molecular flexibility index (Phi) is 4.97. The summed E-state index contributed by atoms with van der Waals surface area (Å²) in [7, 11) is 0. The molecular weight excluding hydrogens is 414 g/mol. The molecule has 6 rings (SSSR count). The Bertz CT molecular complexity index is 1430. The molecule has 2 N–H and O–H groups in total. The van der Waals surface area contributed by atoms with Crippen molar-refractivity contribution in [1.82, 2.24) is 19.6 Å². The Labute approximate surface area is 190 Å². The number of ether oxygens (including phenoxy) is 1. The smallest absolute Gasteiger partial charge is 0.160 e. The van der Waals surface area contributed by atoms with Gasteiger partial charge in [-0.2, -0.15) is 14.7 Å². The number of hydrogen-bond acceptors (Lipinski definition) is 6. The highest BCUT2D eigenvalue weighted by Crippen LogP contribution is 2.26. The van der Waals surface area contributed by atoms with Gasteiger partial charge in [-0.25, -0.2) is 4.98 Å². The fourth-order valence-electron chi connectivity index (χ4n) is 4.15. The van der Waals surface area contributed by atoms with Crippen molar-refractivity contribution in [3.05, 3.63) is 78.5 Å². The number of para-hydroxylation sites is 1. The van der Waals surface area contributed by atoms with Crippen LogP contribution < -0.4 is 10.3 Å². The Morgan fingerprint density at radius 1 is 1.00 bits per heavy atom. The first kappa shape index (κ1) is 19.5. The second-order valence-corrected chi connectivity index (χ2v) is 7.92. The largest absolute Gasteiger partial charge is 0.378 e. The SMILES string of the molecule is C(=N/Nc1cc(N2CCOCC2)n2nc(-c3ccccc3)cc2n1)/c1c[nH]c2ccccc12. The molecule has 0 amide bonds. The van der Waals surface area contributed by atoms with Gasteiger partial charge in [-0.3, -0.25) is 5.43 Å². The maximum Gasteiger partial charge on any atom is 0.160 e. The molecule has 2 aromatic carbocycles. The monoisotopic (exact) mass is 437 g/mol. The van der Waals surface area contributed by atoms with E-state index in [-0.39, 0.29) is 0 Å². The number of nitrogens with one attached hydrogen (secondary N) is 2. The normalized spacial score (nSPS) is 14.5. The van der Waals surface area contributed by atoms with E-state index in [2.05, 4.69) is 38.6 Å². The minimum atomic E-state index is 0.666. The molecule has 5 aromatic rings. The van der Waals surface area contributed by atoms with Crippen molar-refractivity contribution >= 4 is 34.4 Å². The highest BCUT2D eigenvalue weighted by molar-refractivity contribution is 5.99. The molecular formula is C25H23N7O. The van der Waals surface area contributed by atoms with Crippen LogP contribution in [0.25, 0.3) is 27.8 Å². The summed E-state index contributed by atoms with van der Waals surface area (Å²) < 4.78 is 7.46. The highest BCUT2D eigenvalue weighted by Gasteiger charge is 2.18. The van der Waals surface area contributed by atoms with Crippen molar-refractivity contribution in [2.45, 2.75) is 0 Å². The van der Waals surface area contributed by atoms with E-state index in [0.29, 0.717) is 19.0 Å². The molecule has 1 saturated heterocycles. The van der Waals surface area contributed by atoms with Gasteiger partial charge in [0.25, 0.3) is 0 Å². The summed E-state index contributed by atoms with van der Waals surface area (Å²) in [6.07, 6.45) is 3.76. The van der Waals surface area contributed by atoms with E-state index in [1.165, 1.54) is 0 Å². The van der Waals surface area contributed by atoms with Crippen LogP contribution in [0.3, 0.4) is 0 Å². The third-order valence-electron chi connectivity index (χ3n) is 5.82. The number of hydrogen-bond donors (Lipinski definition) is 2. The molecule has 33 heavy (non-hydrogen) atoms. The van der Waals surface area contributed by atoms with Crippen LogP contribution >= 0.6 is 0 Å². The molecule has 1 aliphatic rings. The van der Waals surface area contributed by atoms with Crippen LogP contribution in [0, 0.1) is 0 Å². The quantitative estimate of drug-likeness (QED) is 0.319. The Morgan fingerprint density at radius 2 is 1.82 bits per heavy atom. The van der Waals surface area contributed by atoms with Crippen LogP contribution in [-0.4, -0.2) is 52.1 Å². The van der Waals surface area contributed by atoms with E-state index in [4.69, 9.17) is 14.8 Å². The number of rotatable bonds is 5. The number of morpholine rings is 1. The van der Waals surface area contributed by atoms with Gasteiger partial charge in [-0.15, -0.1) is 0 Å². The molecule has 0 unspecified atom stereocenters. The predicted molar refractivity (Wildman–Crippen MR) is 131 cm³/mol. The Morgan fingerprint density at radius 3 is 2.70 bits per heavy atom. The number of aromatic nitrogens is 4. The molecule has 8 heteroatoms. The van der Waals surface area contributed by atoms with Crippen LogP contribution in [0.15, 0.2) is 78.0 Å². The van der Waals surface area contributed by atoms with Gasteiger partial charge in [0, 0.05) is 53.4 Å². The van der Waals surface area contributed by atoms with Crippen molar-refractivity contribution in [3.63, 3.8) is 0 Å². The lowest BCUT2D eigenvalue weighted by Gasteiger charge is -2.29. The van der Waals surface area contributed by atoms with Gasteiger partial charge in [0.2, 0.25) is 0 Å². The average Bonchev–Trinajstić information content (AvgIpc) is 3.49. The first-order valence-electron chi connectivity index (χ1n) is 11.0. The molecule has 0 aliphatic carbocycles. The molecule has 0 radical (unpaired) electrons. The van der Waals surface area contributed by atoms with Gasteiger partial charge in [-0.05, 0) is 6.07 Å². The third-order valence-corrected chi connectivity index (χ3v) is 5.82. The van der Waals surface area contributed by atoms with E-state index in [0.717, 1.165) is 52.3 Å². The lowest BCUT2D eigenvalue weighted by Crippen LogP contribution is -2.37. The summed E-state index contributed by atoms with van der Waals surface area (Å²) in [5, 5.41) is 10.4. The summed E-state index contributed by atoms with van der Waals surface area (Å²) >= 11 is 0. The molecule has 0 atom stereocenters. The number of aromatic amines is 1. The average molecular weight is 438 g/mol. The van der Waals surface area contributed by atoms with Crippen molar-refractivity contribution in [1.29, 1.82) is 0 Å². The maximum atomic E-state index is 5.55. The van der Waals surface area contributed by atoms with E-state index in [1.807, 2.05) is 65.5 Å². The first-order chi connectivity index (χ1) is 16.3. The molecule has 1 aliphatic heterocycles. The number of fused-ring (bicyclic) bond motifs is 2. The van der Waals surface area contributed by atoms with E-state index in [1.54, 1.807) is 0 Å². The summed E-state index contributed by atoms with van der Waals surface area (Å²) in [6, 6.07) is 22.3. The first-order valence-corrected chi connectivity index (χ1v) is 11.0. The van der Waals surface area contributed by atoms with Crippen LogP contribution in [0.5, 0.6) is 0 Å². The Balaban J connectivity index is 1.36. The minimum Gasteiger partial charge on any atom is -0.378 e. The minimum absolute atomic E-state index is 0.666. The molecule has 8 nitrogen and oxygen atoms in total. The van der Waals surface area contributed by atoms with Gasteiger partial charge < -0.3 is 14.6 Å². The van der Waals surface area contributed by atoms with Gasteiger partial charge in [0.1, 0.15) is 5.82 Å². The maximum absolute atomic E-state index is 5.55. The number of hydrazone groups is 1. The van der Waals surface area contributed by atoms with Crippen molar-refractivity contribution in [2.75, 3.05) is 36.6 Å². The molecule has 0 saturated carbocycles. The van der Waals surface area contributed by atoms with Crippen LogP contribution in [-0.2, 0) is 4.74 Å². The summed E-state index contributed by atoms with van der Waals surface area (Å²) in [5.74, 6) is 1.63. The van der Waals surface area contributed by atoms with Crippen molar-refractivity contribution in [2.24, 2.45) is 5.10 Å². The lowest BCUT2D eigenvalue weighted by molar-refractivity contribution is 0.122. The fourth-order valence-corrected chi connectivity index (χ4v) is 4.15. The second kappa shape index (κ2) is 8.40. The van der Waals surface area contributed by atoms with Crippen LogP contribution in [0.2, 0.25) is 0 Å². The number of anilines is 2. The molecule has 0 spiro atoms. The Hall–Kier alpha value is -4.17. The molecule has 1 fully saturated rings. The second-order valence-electron chi connectivity index (χ2n) is 7.92. The molecule has 0 bridgehead atoms. The number of nitrogens with zero attached hydrogens (tertiary/aromatic N) is 5. The van der Waals surface area contributed by atoms with Crippen LogP contribution in [0.1, 0.15) is 5.56 Å². The predicted octanol–water partition coefficient (Wildman–Crippen LogP) is 4.16. The topological polar surface area (TPSA) is 82.8 Å². The van der Waals surface area contributed by atoms with Gasteiger partial charge >= 0.3 is 0 Å². The van der Waals surface area contributed by atoms with Crippen molar-refractivity contribution in [3.8, 4) is 11.3 Å². The molecule has 164 valence electrons.